The Morgan fingerprint density at radius 1 is 1.16 bits per heavy atom. The number of aryl methyl sites for hydroxylation is 3. The van der Waals surface area contributed by atoms with Gasteiger partial charge in [-0.3, -0.25) is 9.89 Å². The molecule has 132 valence electrons. The standard InChI is InChI=1S/C17H20N4O3S/c1-10-4-5-15-14(8-10)9-13(17(22)19-15)6-7-18-25(23,24)16-11(2)20-21-12(16)3/h4-5,8-9,18H,6-7H2,1-3H3,(H,19,22)(H,20,21). The Morgan fingerprint density at radius 2 is 1.92 bits per heavy atom. The highest BCUT2D eigenvalue weighted by molar-refractivity contribution is 7.89. The van der Waals surface area contributed by atoms with Gasteiger partial charge in [-0.1, -0.05) is 11.6 Å². The third-order valence-corrected chi connectivity index (χ3v) is 5.82. The number of rotatable bonds is 5. The molecule has 0 amide bonds. The van der Waals surface area contributed by atoms with Gasteiger partial charge >= 0.3 is 0 Å². The summed E-state index contributed by atoms with van der Waals surface area (Å²) in [6.45, 7) is 5.40. The molecule has 0 radical (unpaired) electrons. The molecule has 8 heteroatoms. The number of fused-ring (bicyclic) bond motifs is 1. The van der Waals surface area contributed by atoms with Gasteiger partial charge < -0.3 is 4.98 Å². The number of nitrogens with one attached hydrogen (secondary N) is 3. The van der Waals surface area contributed by atoms with Crippen LogP contribution in [0.3, 0.4) is 0 Å². The van der Waals surface area contributed by atoms with Crippen LogP contribution in [0.2, 0.25) is 0 Å². The zero-order valence-electron chi connectivity index (χ0n) is 14.3. The van der Waals surface area contributed by atoms with Gasteiger partial charge in [0.15, 0.2) is 0 Å². The summed E-state index contributed by atoms with van der Waals surface area (Å²) in [4.78, 5) is 15.2. The minimum absolute atomic E-state index is 0.132. The van der Waals surface area contributed by atoms with Crippen molar-refractivity contribution < 1.29 is 8.42 Å². The van der Waals surface area contributed by atoms with Crippen LogP contribution in [0.15, 0.2) is 34.0 Å². The van der Waals surface area contributed by atoms with E-state index >= 15 is 0 Å². The average molecular weight is 360 g/mol. The molecular weight excluding hydrogens is 340 g/mol. The monoisotopic (exact) mass is 360 g/mol. The smallest absolute Gasteiger partial charge is 0.251 e. The summed E-state index contributed by atoms with van der Waals surface area (Å²) >= 11 is 0. The number of hydrogen-bond donors (Lipinski definition) is 3. The average Bonchev–Trinajstić information content (AvgIpc) is 2.87. The molecule has 3 rings (SSSR count). The van der Waals surface area contributed by atoms with E-state index in [-0.39, 0.29) is 17.0 Å². The molecule has 0 aliphatic heterocycles. The number of aromatic amines is 2. The fourth-order valence-corrected chi connectivity index (χ4v) is 4.28. The van der Waals surface area contributed by atoms with Gasteiger partial charge in [0.1, 0.15) is 4.90 Å². The maximum Gasteiger partial charge on any atom is 0.251 e. The van der Waals surface area contributed by atoms with Gasteiger partial charge in [0.05, 0.1) is 11.4 Å². The van der Waals surface area contributed by atoms with Crippen molar-refractivity contribution in [2.24, 2.45) is 0 Å². The molecule has 0 unspecified atom stereocenters. The molecule has 3 aromatic rings. The maximum absolute atomic E-state index is 12.4. The lowest BCUT2D eigenvalue weighted by atomic mass is 10.1. The summed E-state index contributed by atoms with van der Waals surface area (Å²) in [7, 11) is -3.67. The number of aromatic nitrogens is 3. The molecular formula is C17H20N4O3S. The lowest BCUT2D eigenvalue weighted by Crippen LogP contribution is -2.28. The number of sulfonamides is 1. The quantitative estimate of drug-likeness (QED) is 0.643. The van der Waals surface area contributed by atoms with Crippen LogP contribution >= 0.6 is 0 Å². The van der Waals surface area contributed by atoms with Gasteiger partial charge in [-0.2, -0.15) is 5.10 Å². The number of H-pyrrole nitrogens is 2. The van der Waals surface area contributed by atoms with Crippen LogP contribution in [0.25, 0.3) is 10.9 Å². The van der Waals surface area contributed by atoms with Gasteiger partial charge in [-0.05, 0) is 50.8 Å². The van der Waals surface area contributed by atoms with E-state index in [0.717, 1.165) is 16.5 Å². The molecule has 0 saturated carbocycles. The molecule has 2 heterocycles. The second-order valence-corrected chi connectivity index (χ2v) is 7.83. The summed E-state index contributed by atoms with van der Waals surface area (Å²) < 4.78 is 27.4. The van der Waals surface area contributed by atoms with Crippen molar-refractivity contribution in [1.29, 1.82) is 0 Å². The molecule has 0 spiro atoms. The Bertz CT molecular complexity index is 1080. The molecule has 0 atom stereocenters. The Kier molecular flexibility index (Phi) is 4.49. The Hall–Kier alpha value is -2.45. The molecule has 0 saturated heterocycles. The third kappa shape index (κ3) is 3.49. The van der Waals surface area contributed by atoms with E-state index in [4.69, 9.17) is 0 Å². The predicted molar refractivity (Wildman–Crippen MR) is 96.3 cm³/mol. The zero-order chi connectivity index (χ0) is 18.2. The van der Waals surface area contributed by atoms with Gasteiger partial charge in [-0.25, -0.2) is 13.1 Å². The van der Waals surface area contributed by atoms with E-state index in [0.29, 0.717) is 23.4 Å². The minimum Gasteiger partial charge on any atom is -0.322 e. The van der Waals surface area contributed by atoms with E-state index in [1.165, 1.54) is 0 Å². The maximum atomic E-state index is 12.4. The van der Waals surface area contributed by atoms with Crippen LogP contribution in [-0.4, -0.2) is 30.1 Å². The van der Waals surface area contributed by atoms with Crippen molar-refractivity contribution in [1.82, 2.24) is 19.9 Å². The van der Waals surface area contributed by atoms with Crippen LogP contribution in [0.5, 0.6) is 0 Å². The Balaban J connectivity index is 1.79. The second-order valence-electron chi connectivity index (χ2n) is 6.13. The van der Waals surface area contributed by atoms with E-state index in [1.54, 1.807) is 13.8 Å². The highest BCUT2D eigenvalue weighted by atomic mass is 32.2. The molecule has 0 aliphatic carbocycles. The topological polar surface area (TPSA) is 108 Å². The highest BCUT2D eigenvalue weighted by Gasteiger charge is 2.21. The first-order valence-electron chi connectivity index (χ1n) is 7.92. The molecule has 0 aliphatic rings. The second kappa shape index (κ2) is 6.45. The third-order valence-electron chi connectivity index (χ3n) is 4.09. The molecule has 2 aromatic heterocycles. The first kappa shape index (κ1) is 17.4. The summed E-state index contributed by atoms with van der Waals surface area (Å²) in [5.74, 6) is 0. The van der Waals surface area contributed by atoms with Gasteiger partial charge in [0, 0.05) is 17.6 Å². The lowest BCUT2D eigenvalue weighted by molar-refractivity contribution is 0.580. The molecule has 1 aromatic carbocycles. The van der Waals surface area contributed by atoms with Crippen molar-refractivity contribution in [2.75, 3.05) is 6.54 Å². The molecule has 7 nitrogen and oxygen atoms in total. The van der Waals surface area contributed by atoms with Crippen LogP contribution in [0.4, 0.5) is 0 Å². The first-order valence-corrected chi connectivity index (χ1v) is 9.40. The predicted octanol–water partition coefficient (Wildman–Crippen LogP) is 1.70. The van der Waals surface area contributed by atoms with Crippen molar-refractivity contribution in [3.05, 3.63) is 57.1 Å². The lowest BCUT2D eigenvalue weighted by Gasteiger charge is -2.08. The van der Waals surface area contributed by atoms with E-state index in [9.17, 15) is 13.2 Å². The van der Waals surface area contributed by atoms with Gasteiger partial charge in [0.2, 0.25) is 10.0 Å². The van der Waals surface area contributed by atoms with Crippen LogP contribution in [0, 0.1) is 20.8 Å². The van der Waals surface area contributed by atoms with Crippen LogP contribution in [0.1, 0.15) is 22.5 Å². The summed E-state index contributed by atoms with van der Waals surface area (Å²) in [6, 6.07) is 7.59. The first-order chi connectivity index (χ1) is 11.8. The number of hydrogen-bond acceptors (Lipinski definition) is 4. The van der Waals surface area contributed by atoms with E-state index in [1.807, 2.05) is 31.2 Å². The highest BCUT2D eigenvalue weighted by Crippen LogP contribution is 2.16. The van der Waals surface area contributed by atoms with E-state index < -0.39 is 10.0 Å². The molecule has 25 heavy (non-hydrogen) atoms. The fraction of sp³-hybridized carbons (Fsp3) is 0.294. The van der Waals surface area contributed by atoms with E-state index in [2.05, 4.69) is 19.9 Å². The largest absolute Gasteiger partial charge is 0.322 e. The van der Waals surface area contributed by atoms with Crippen molar-refractivity contribution in [3.63, 3.8) is 0 Å². The summed E-state index contributed by atoms with van der Waals surface area (Å²) in [5.41, 5.74) is 3.11. The molecule has 3 N–H and O–H groups in total. The van der Waals surface area contributed by atoms with Gasteiger partial charge in [-0.15, -0.1) is 0 Å². The van der Waals surface area contributed by atoms with Gasteiger partial charge in [0.25, 0.3) is 5.56 Å². The summed E-state index contributed by atoms with van der Waals surface area (Å²) in [5, 5.41) is 7.50. The van der Waals surface area contributed by atoms with Crippen molar-refractivity contribution >= 4 is 20.9 Å². The van der Waals surface area contributed by atoms with Crippen molar-refractivity contribution in [3.8, 4) is 0 Å². The Labute approximate surface area is 145 Å². The zero-order valence-corrected chi connectivity index (χ0v) is 15.1. The number of nitrogens with zero attached hydrogens (tertiary/aromatic N) is 1. The number of pyridine rings is 1. The fourth-order valence-electron chi connectivity index (χ4n) is 2.89. The number of benzene rings is 1. The molecule has 0 bridgehead atoms. The van der Waals surface area contributed by atoms with Crippen LogP contribution in [-0.2, 0) is 16.4 Å². The Morgan fingerprint density at radius 3 is 2.60 bits per heavy atom. The van der Waals surface area contributed by atoms with Crippen molar-refractivity contribution in [2.45, 2.75) is 32.1 Å². The SMILES string of the molecule is Cc1ccc2[nH]c(=O)c(CCNS(=O)(=O)c3c(C)n[nH]c3C)cc2c1. The normalized spacial score (nSPS) is 12.0. The summed E-state index contributed by atoms with van der Waals surface area (Å²) in [6.07, 6.45) is 0.300. The molecule has 0 fully saturated rings. The minimum atomic E-state index is -3.67. The van der Waals surface area contributed by atoms with Crippen LogP contribution < -0.4 is 10.3 Å².